The molecule has 20 heavy (non-hydrogen) atoms. The Kier molecular flexibility index (Phi) is 4.20. The van der Waals surface area contributed by atoms with Gasteiger partial charge in [0.2, 0.25) is 5.91 Å². The molecule has 0 saturated heterocycles. The van der Waals surface area contributed by atoms with Crippen LogP contribution in [0.3, 0.4) is 0 Å². The molecule has 0 saturated carbocycles. The Morgan fingerprint density at radius 3 is 3.05 bits per heavy atom. The highest BCUT2D eigenvalue weighted by molar-refractivity contribution is 5.92. The minimum atomic E-state index is 0.0163. The number of nitrogens with zero attached hydrogens (tertiary/aromatic N) is 3. The Labute approximate surface area is 117 Å². The van der Waals surface area contributed by atoms with Crippen LogP contribution in [-0.4, -0.2) is 27.0 Å². The SMILES string of the molecule is CCCC(=O)NCC#Cc1cn(C)c2ncnc(N)c12. The van der Waals surface area contributed by atoms with Crippen LogP contribution in [0.1, 0.15) is 25.3 Å². The number of rotatable bonds is 3. The number of anilines is 1. The highest BCUT2D eigenvalue weighted by Crippen LogP contribution is 2.21. The Hall–Kier alpha value is -2.55. The van der Waals surface area contributed by atoms with Gasteiger partial charge in [-0.05, 0) is 6.42 Å². The van der Waals surface area contributed by atoms with Gasteiger partial charge in [0, 0.05) is 19.7 Å². The van der Waals surface area contributed by atoms with Crippen molar-refractivity contribution in [2.75, 3.05) is 12.3 Å². The Bertz CT molecular complexity index is 693. The Morgan fingerprint density at radius 1 is 1.50 bits per heavy atom. The van der Waals surface area contributed by atoms with E-state index in [-0.39, 0.29) is 5.91 Å². The molecule has 0 aliphatic carbocycles. The summed E-state index contributed by atoms with van der Waals surface area (Å²) in [5.74, 6) is 6.35. The molecule has 0 bridgehead atoms. The van der Waals surface area contributed by atoms with E-state index in [1.54, 1.807) is 0 Å². The lowest BCUT2D eigenvalue weighted by molar-refractivity contribution is -0.120. The molecule has 0 atom stereocenters. The second kappa shape index (κ2) is 6.06. The molecule has 0 unspecified atom stereocenters. The molecule has 2 aromatic heterocycles. The second-order valence-corrected chi connectivity index (χ2v) is 4.44. The summed E-state index contributed by atoms with van der Waals surface area (Å²) in [5, 5.41) is 3.49. The van der Waals surface area contributed by atoms with Crippen molar-refractivity contribution in [2.45, 2.75) is 19.8 Å². The summed E-state index contributed by atoms with van der Waals surface area (Å²) in [6.07, 6.45) is 4.64. The van der Waals surface area contributed by atoms with Crippen LogP contribution in [0.25, 0.3) is 11.0 Å². The fraction of sp³-hybridized carbons (Fsp3) is 0.357. The van der Waals surface area contributed by atoms with Crippen LogP contribution in [0.15, 0.2) is 12.5 Å². The third-order valence-electron chi connectivity index (χ3n) is 2.86. The van der Waals surface area contributed by atoms with Gasteiger partial charge in [0.05, 0.1) is 17.5 Å². The van der Waals surface area contributed by atoms with Crippen molar-refractivity contribution < 1.29 is 4.79 Å². The van der Waals surface area contributed by atoms with Crippen LogP contribution in [-0.2, 0) is 11.8 Å². The van der Waals surface area contributed by atoms with Crippen LogP contribution in [0, 0.1) is 11.8 Å². The summed E-state index contributed by atoms with van der Waals surface area (Å²) >= 11 is 0. The van der Waals surface area contributed by atoms with E-state index in [0.29, 0.717) is 18.8 Å². The first-order valence-corrected chi connectivity index (χ1v) is 6.44. The molecule has 6 heteroatoms. The Balaban J connectivity index is 2.17. The topological polar surface area (TPSA) is 85.8 Å². The van der Waals surface area contributed by atoms with Gasteiger partial charge in [-0.1, -0.05) is 18.8 Å². The summed E-state index contributed by atoms with van der Waals surface area (Å²) < 4.78 is 1.85. The van der Waals surface area contributed by atoms with E-state index >= 15 is 0 Å². The van der Waals surface area contributed by atoms with Crippen molar-refractivity contribution in [1.82, 2.24) is 19.9 Å². The van der Waals surface area contributed by atoms with Crippen LogP contribution in [0.2, 0.25) is 0 Å². The summed E-state index contributed by atoms with van der Waals surface area (Å²) in [4.78, 5) is 19.5. The number of carbonyl (C=O) groups is 1. The van der Waals surface area contributed by atoms with Gasteiger partial charge in [0.1, 0.15) is 17.8 Å². The van der Waals surface area contributed by atoms with Crippen LogP contribution >= 0.6 is 0 Å². The van der Waals surface area contributed by atoms with E-state index in [1.807, 2.05) is 24.7 Å². The third-order valence-corrected chi connectivity index (χ3v) is 2.86. The maximum absolute atomic E-state index is 11.3. The number of aryl methyl sites for hydroxylation is 1. The van der Waals surface area contributed by atoms with Gasteiger partial charge in [0.15, 0.2) is 0 Å². The zero-order valence-electron chi connectivity index (χ0n) is 11.6. The highest BCUT2D eigenvalue weighted by atomic mass is 16.1. The van der Waals surface area contributed by atoms with Gasteiger partial charge in [-0.25, -0.2) is 9.97 Å². The lowest BCUT2D eigenvalue weighted by Crippen LogP contribution is -2.22. The maximum atomic E-state index is 11.3. The molecule has 0 radical (unpaired) electrons. The van der Waals surface area contributed by atoms with Crippen molar-refractivity contribution in [3.8, 4) is 11.8 Å². The first-order valence-electron chi connectivity index (χ1n) is 6.44. The molecule has 2 aromatic rings. The molecule has 104 valence electrons. The molecule has 0 fully saturated rings. The van der Waals surface area contributed by atoms with Gasteiger partial charge in [0.25, 0.3) is 0 Å². The lowest BCUT2D eigenvalue weighted by Gasteiger charge is -1.97. The number of carbonyl (C=O) groups excluding carboxylic acids is 1. The number of hydrogen-bond donors (Lipinski definition) is 2. The van der Waals surface area contributed by atoms with E-state index in [0.717, 1.165) is 23.0 Å². The van der Waals surface area contributed by atoms with E-state index in [2.05, 4.69) is 27.1 Å². The van der Waals surface area contributed by atoms with Crippen LogP contribution in [0.4, 0.5) is 5.82 Å². The zero-order chi connectivity index (χ0) is 14.5. The predicted octanol–water partition coefficient (Wildman–Crippen LogP) is 0.818. The quantitative estimate of drug-likeness (QED) is 0.809. The van der Waals surface area contributed by atoms with Crippen molar-refractivity contribution in [2.24, 2.45) is 7.05 Å². The van der Waals surface area contributed by atoms with Gasteiger partial charge in [-0.15, -0.1) is 0 Å². The molecule has 2 rings (SSSR count). The average molecular weight is 271 g/mol. The standard InChI is InChI=1S/C14H17N5O/c1-3-5-11(20)16-7-4-6-10-8-19(2)14-12(10)13(15)17-9-18-14/h8-9H,3,5,7H2,1-2H3,(H,16,20)(H2,15,17,18). The zero-order valence-corrected chi connectivity index (χ0v) is 11.6. The fourth-order valence-corrected chi connectivity index (χ4v) is 1.93. The lowest BCUT2D eigenvalue weighted by atomic mass is 10.2. The molecule has 0 aliphatic heterocycles. The van der Waals surface area contributed by atoms with Crippen LogP contribution in [0.5, 0.6) is 0 Å². The van der Waals surface area contributed by atoms with E-state index < -0.39 is 0 Å². The van der Waals surface area contributed by atoms with Gasteiger partial charge >= 0.3 is 0 Å². The minimum absolute atomic E-state index is 0.0163. The van der Waals surface area contributed by atoms with E-state index in [4.69, 9.17) is 5.73 Å². The number of aromatic nitrogens is 3. The number of hydrogen-bond acceptors (Lipinski definition) is 4. The van der Waals surface area contributed by atoms with Crippen LogP contribution < -0.4 is 11.1 Å². The Morgan fingerprint density at radius 2 is 2.30 bits per heavy atom. The van der Waals surface area contributed by atoms with Crippen molar-refractivity contribution in [1.29, 1.82) is 0 Å². The summed E-state index contributed by atoms with van der Waals surface area (Å²) in [5.41, 5.74) is 7.38. The van der Waals surface area contributed by atoms with Crippen molar-refractivity contribution in [3.05, 3.63) is 18.1 Å². The number of nitrogens with two attached hydrogens (primary N) is 1. The molecule has 0 aliphatic rings. The smallest absolute Gasteiger partial charge is 0.220 e. The number of amides is 1. The predicted molar refractivity (Wildman–Crippen MR) is 77.7 cm³/mol. The molecule has 2 heterocycles. The van der Waals surface area contributed by atoms with E-state index in [1.165, 1.54) is 6.33 Å². The van der Waals surface area contributed by atoms with Crippen molar-refractivity contribution >= 4 is 22.8 Å². The largest absolute Gasteiger partial charge is 0.383 e. The first kappa shape index (κ1) is 13.9. The van der Waals surface area contributed by atoms with Crippen molar-refractivity contribution in [3.63, 3.8) is 0 Å². The normalized spacial score (nSPS) is 10.1. The molecule has 0 spiro atoms. The van der Waals surface area contributed by atoms with E-state index in [9.17, 15) is 4.79 Å². The minimum Gasteiger partial charge on any atom is -0.383 e. The van der Waals surface area contributed by atoms with Gasteiger partial charge < -0.3 is 15.6 Å². The number of nitrogens with one attached hydrogen (secondary N) is 1. The molecule has 1 amide bonds. The monoisotopic (exact) mass is 271 g/mol. The molecule has 6 nitrogen and oxygen atoms in total. The number of fused-ring (bicyclic) bond motifs is 1. The third kappa shape index (κ3) is 2.88. The van der Waals surface area contributed by atoms with Gasteiger partial charge in [-0.3, -0.25) is 4.79 Å². The first-order chi connectivity index (χ1) is 9.63. The fourth-order valence-electron chi connectivity index (χ4n) is 1.93. The number of nitrogen functional groups attached to an aromatic ring is 1. The molecule has 0 aromatic carbocycles. The average Bonchev–Trinajstić information content (AvgIpc) is 2.74. The van der Waals surface area contributed by atoms with Gasteiger partial charge in [-0.2, -0.15) is 0 Å². The summed E-state index contributed by atoms with van der Waals surface area (Å²) in [6, 6.07) is 0. The second-order valence-electron chi connectivity index (χ2n) is 4.44. The molecular formula is C14H17N5O. The molecular weight excluding hydrogens is 254 g/mol. The summed E-state index contributed by atoms with van der Waals surface area (Å²) in [6.45, 7) is 2.28. The summed E-state index contributed by atoms with van der Waals surface area (Å²) in [7, 11) is 1.88. The maximum Gasteiger partial charge on any atom is 0.220 e. The molecule has 3 N–H and O–H groups in total. The highest BCUT2D eigenvalue weighted by Gasteiger charge is 2.09.